The number of nitriles is 1. The van der Waals surface area contributed by atoms with Gasteiger partial charge < -0.3 is 15.3 Å². The number of rotatable bonds is 4. The van der Waals surface area contributed by atoms with E-state index in [0.29, 0.717) is 23.7 Å². The van der Waals surface area contributed by atoms with E-state index in [1.54, 1.807) is 23.1 Å². The predicted molar refractivity (Wildman–Crippen MR) is 103 cm³/mol. The molecule has 2 heterocycles. The minimum Gasteiger partial charge on any atom is -0.465 e. The summed E-state index contributed by atoms with van der Waals surface area (Å²) < 4.78 is 0. The van der Waals surface area contributed by atoms with Crippen LogP contribution < -0.4 is 5.32 Å². The molecule has 2 aromatic rings. The summed E-state index contributed by atoms with van der Waals surface area (Å²) in [5, 5.41) is 21.0. The molecule has 8 heteroatoms. The van der Waals surface area contributed by atoms with Gasteiger partial charge in [-0.2, -0.15) is 5.26 Å². The molecule has 7 nitrogen and oxygen atoms in total. The monoisotopic (exact) mass is 398 g/mol. The van der Waals surface area contributed by atoms with Crippen LogP contribution in [0.3, 0.4) is 0 Å². The molecule has 1 fully saturated rings. The molecule has 0 bridgehead atoms. The van der Waals surface area contributed by atoms with Gasteiger partial charge in [0.2, 0.25) is 0 Å². The van der Waals surface area contributed by atoms with Gasteiger partial charge in [0.05, 0.1) is 5.56 Å². The number of nitrogens with zero attached hydrogens (tertiary/aromatic N) is 3. The molecule has 0 saturated carbocycles. The normalized spacial score (nSPS) is 21.2. The Hall–Kier alpha value is -3.11. The average Bonchev–Trinajstić information content (AvgIpc) is 3.04. The van der Waals surface area contributed by atoms with Gasteiger partial charge in [0.15, 0.2) is 0 Å². The van der Waals surface area contributed by atoms with Gasteiger partial charge in [0, 0.05) is 42.2 Å². The number of pyridine rings is 1. The molecular weight excluding hydrogens is 380 g/mol. The van der Waals surface area contributed by atoms with Crippen molar-refractivity contribution in [1.29, 1.82) is 5.26 Å². The van der Waals surface area contributed by atoms with Crippen LogP contribution in [-0.4, -0.2) is 46.6 Å². The Labute approximate surface area is 167 Å². The summed E-state index contributed by atoms with van der Waals surface area (Å²) in [5.74, 6) is -0.262. The lowest BCUT2D eigenvalue weighted by Gasteiger charge is -2.30. The van der Waals surface area contributed by atoms with Crippen molar-refractivity contribution in [1.82, 2.24) is 15.2 Å². The van der Waals surface area contributed by atoms with E-state index in [4.69, 9.17) is 22.0 Å². The van der Waals surface area contributed by atoms with E-state index in [1.165, 1.54) is 12.3 Å². The second kappa shape index (κ2) is 7.87. The molecule has 2 N–H and O–H groups in total. The van der Waals surface area contributed by atoms with Crippen molar-refractivity contribution in [3.8, 4) is 6.07 Å². The van der Waals surface area contributed by atoms with Gasteiger partial charge in [-0.15, -0.1) is 0 Å². The van der Waals surface area contributed by atoms with Crippen molar-refractivity contribution in [3.63, 3.8) is 0 Å². The number of benzene rings is 1. The maximum absolute atomic E-state index is 12.9. The van der Waals surface area contributed by atoms with Gasteiger partial charge in [-0.05, 0) is 29.8 Å². The third-order valence-electron chi connectivity index (χ3n) is 5.12. The molecule has 1 aromatic carbocycles. The van der Waals surface area contributed by atoms with E-state index in [1.807, 2.05) is 25.1 Å². The van der Waals surface area contributed by atoms with Gasteiger partial charge in [-0.3, -0.25) is 4.79 Å². The van der Waals surface area contributed by atoms with Crippen molar-refractivity contribution in [2.24, 2.45) is 5.41 Å². The van der Waals surface area contributed by atoms with Gasteiger partial charge >= 0.3 is 6.09 Å². The molecule has 1 aliphatic rings. The van der Waals surface area contributed by atoms with E-state index in [9.17, 15) is 9.59 Å². The number of hydrogen-bond acceptors (Lipinski definition) is 4. The summed E-state index contributed by atoms with van der Waals surface area (Å²) >= 11 is 5.99. The van der Waals surface area contributed by atoms with E-state index in [-0.39, 0.29) is 24.1 Å². The third kappa shape index (κ3) is 4.07. The summed E-state index contributed by atoms with van der Waals surface area (Å²) in [6.07, 6.45) is 0.292. The Morgan fingerprint density at radius 3 is 2.64 bits per heavy atom. The number of likely N-dealkylation sites (tertiary alicyclic amines) is 1. The SMILES string of the molecule is C[C@@]1(CNC(=O)O)CN(C(=O)c2ccc(C#N)nc2)C[C@H]1c1ccc(Cl)cc1. The van der Waals surface area contributed by atoms with Crippen molar-refractivity contribution >= 4 is 23.6 Å². The zero-order chi connectivity index (χ0) is 20.3. The Morgan fingerprint density at radius 1 is 1.36 bits per heavy atom. The summed E-state index contributed by atoms with van der Waals surface area (Å²) in [7, 11) is 0. The zero-order valence-electron chi connectivity index (χ0n) is 15.2. The van der Waals surface area contributed by atoms with Crippen LogP contribution in [0, 0.1) is 16.7 Å². The predicted octanol–water partition coefficient (Wildman–Crippen LogP) is 3.12. The highest BCUT2D eigenvalue weighted by atomic mass is 35.5. The van der Waals surface area contributed by atoms with Crippen LogP contribution in [0.2, 0.25) is 5.02 Å². The maximum Gasteiger partial charge on any atom is 0.404 e. The summed E-state index contributed by atoms with van der Waals surface area (Å²) in [6, 6.07) is 12.4. The lowest BCUT2D eigenvalue weighted by molar-refractivity contribution is 0.0775. The number of carbonyl (C=O) groups excluding carboxylic acids is 1. The van der Waals surface area contributed by atoms with Gasteiger partial charge in [0.25, 0.3) is 5.91 Å². The maximum atomic E-state index is 12.9. The Bertz CT molecular complexity index is 924. The fraction of sp³-hybridized carbons (Fsp3) is 0.300. The van der Waals surface area contributed by atoms with E-state index < -0.39 is 11.5 Å². The molecule has 2 amide bonds. The zero-order valence-corrected chi connectivity index (χ0v) is 16.0. The highest BCUT2D eigenvalue weighted by molar-refractivity contribution is 6.30. The Kier molecular flexibility index (Phi) is 5.52. The molecule has 144 valence electrons. The van der Waals surface area contributed by atoms with Crippen LogP contribution in [0.15, 0.2) is 42.6 Å². The van der Waals surface area contributed by atoms with Crippen molar-refractivity contribution in [2.75, 3.05) is 19.6 Å². The molecule has 0 spiro atoms. The minimum absolute atomic E-state index is 0.0630. The van der Waals surface area contributed by atoms with Gasteiger partial charge in [0.1, 0.15) is 11.8 Å². The number of hydrogen-bond donors (Lipinski definition) is 2. The van der Waals surface area contributed by atoms with Crippen molar-refractivity contribution in [3.05, 3.63) is 64.4 Å². The van der Waals surface area contributed by atoms with Crippen molar-refractivity contribution < 1.29 is 14.7 Å². The van der Waals surface area contributed by atoms with Crippen LogP contribution in [0.5, 0.6) is 0 Å². The van der Waals surface area contributed by atoms with Crippen LogP contribution in [0.25, 0.3) is 0 Å². The van der Waals surface area contributed by atoms with E-state index >= 15 is 0 Å². The molecule has 0 radical (unpaired) electrons. The lowest BCUT2D eigenvalue weighted by Crippen LogP contribution is -2.40. The lowest BCUT2D eigenvalue weighted by atomic mass is 9.76. The molecule has 2 atom stereocenters. The number of amides is 2. The molecule has 1 aliphatic heterocycles. The summed E-state index contributed by atoms with van der Waals surface area (Å²) in [5.41, 5.74) is 1.14. The first-order valence-corrected chi connectivity index (χ1v) is 9.08. The number of nitrogens with one attached hydrogen (secondary N) is 1. The number of halogens is 1. The van der Waals surface area contributed by atoms with Gasteiger partial charge in [-0.1, -0.05) is 30.7 Å². The summed E-state index contributed by atoms with van der Waals surface area (Å²) in [4.78, 5) is 29.6. The molecular formula is C20H19ClN4O3. The second-order valence-electron chi connectivity index (χ2n) is 7.15. The topological polar surface area (TPSA) is 106 Å². The smallest absolute Gasteiger partial charge is 0.404 e. The van der Waals surface area contributed by atoms with E-state index in [2.05, 4.69) is 10.3 Å². The van der Waals surface area contributed by atoms with Gasteiger partial charge in [-0.25, -0.2) is 9.78 Å². The third-order valence-corrected chi connectivity index (χ3v) is 5.38. The van der Waals surface area contributed by atoms with E-state index in [0.717, 1.165) is 5.56 Å². The number of aromatic nitrogens is 1. The second-order valence-corrected chi connectivity index (χ2v) is 7.58. The fourth-order valence-electron chi connectivity index (χ4n) is 3.63. The van der Waals surface area contributed by atoms with Crippen molar-refractivity contribution in [2.45, 2.75) is 12.8 Å². The standard InChI is InChI=1S/C20H19ClN4O3/c1-20(11-24-19(27)28)12-25(10-17(20)13-2-5-15(21)6-3-13)18(26)14-4-7-16(8-22)23-9-14/h2-7,9,17,24H,10-12H2,1H3,(H,27,28)/t17-,20+/m0/s1. The van der Waals surface area contributed by atoms with Crippen LogP contribution in [0.1, 0.15) is 34.5 Å². The van der Waals surface area contributed by atoms with Crippen LogP contribution in [0.4, 0.5) is 4.79 Å². The fourth-order valence-corrected chi connectivity index (χ4v) is 3.76. The largest absolute Gasteiger partial charge is 0.465 e. The average molecular weight is 399 g/mol. The van der Waals surface area contributed by atoms with Crippen LogP contribution in [-0.2, 0) is 0 Å². The highest BCUT2D eigenvalue weighted by Gasteiger charge is 2.45. The Balaban J connectivity index is 1.87. The molecule has 1 saturated heterocycles. The molecule has 3 rings (SSSR count). The number of carbonyl (C=O) groups is 2. The minimum atomic E-state index is -1.10. The summed E-state index contributed by atoms with van der Waals surface area (Å²) in [6.45, 7) is 3.01. The Morgan fingerprint density at radius 2 is 2.07 bits per heavy atom. The number of carboxylic acid groups (broad SMARTS) is 1. The molecule has 0 aliphatic carbocycles. The first-order chi connectivity index (χ1) is 13.3. The quantitative estimate of drug-likeness (QED) is 0.822. The molecule has 1 aromatic heterocycles. The molecule has 0 unspecified atom stereocenters. The van der Waals surface area contributed by atoms with Crippen LogP contribution >= 0.6 is 11.6 Å². The highest BCUT2D eigenvalue weighted by Crippen LogP contribution is 2.43. The first-order valence-electron chi connectivity index (χ1n) is 8.70. The first kappa shape index (κ1) is 19.6. The molecule has 28 heavy (non-hydrogen) atoms.